The van der Waals surface area contributed by atoms with E-state index in [2.05, 4.69) is 10.1 Å². The van der Waals surface area contributed by atoms with E-state index in [4.69, 9.17) is 11.0 Å². The molecule has 0 radical (unpaired) electrons. The van der Waals surface area contributed by atoms with Crippen LogP contribution in [0.4, 0.5) is 10.4 Å². The largest absolute Gasteiger partial charge is 0.366 e. The fraction of sp³-hybridized carbons (Fsp3) is 0. The minimum Gasteiger partial charge on any atom is -0.366 e. The van der Waals surface area contributed by atoms with Gasteiger partial charge in [-0.25, -0.2) is 0 Å². The molecule has 1 rings (SSSR count). The zero-order valence-electron chi connectivity index (χ0n) is 4.24. The third-order valence-electron chi connectivity index (χ3n) is 0.692. The van der Waals surface area contributed by atoms with Crippen molar-refractivity contribution >= 4 is 5.95 Å². The van der Waals surface area contributed by atoms with E-state index in [-0.39, 0.29) is 10.7 Å². The Balaban J connectivity index is 3.16. The highest BCUT2D eigenvalue weighted by atomic mass is 19.2. The Labute approximate surface area is 49.5 Å². The molecular weight excluding hydrogens is 125 g/mol. The highest BCUT2D eigenvalue weighted by Gasteiger charge is 2.02. The van der Waals surface area contributed by atoms with Crippen LogP contribution in [0.1, 0.15) is 5.82 Å². The number of nitrogens with two attached hydrogens (primary N) is 1. The van der Waals surface area contributed by atoms with Gasteiger partial charge in [0.05, 0.1) is 0 Å². The second-order valence-electron chi connectivity index (χ2n) is 1.27. The van der Waals surface area contributed by atoms with Gasteiger partial charge in [-0.3, -0.25) is 0 Å². The average molecular weight is 127 g/mol. The lowest BCUT2D eigenvalue weighted by atomic mass is 10.7. The second kappa shape index (κ2) is 1.70. The topological polar surface area (TPSA) is 80.5 Å². The summed E-state index contributed by atoms with van der Waals surface area (Å²) in [6.07, 6.45) is 0. The summed E-state index contributed by atoms with van der Waals surface area (Å²) in [5.41, 5.74) is 4.88. The van der Waals surface area contributed by atoms with Crippen LogP contribution in [0.5, 0.6) is 0 Å². The Hall–Kier alpha value is -1.64. The first-order valence-corrected chi connectivity index (χ1v) is 2.03. The van der Waals surface area contributed by atoms with Gasteiger partial charge in [0.25, 0.3) is 11.8 Å². The average Bonchev–Trinajstić information content (AvgIpc) is 2.13. The van der Waals surface area contributed by atoms with Crippen LogP contribution >= 0.6 is 0 Å². The summed E-state index contributed by atoms with van der Waals surface area (Å²) < 4.78 is 12.0. The number of rotatable bonds is 0. The highest BCUT2D eigenvalue weighted by molar-refractivity contribution is 5.20. The minimum absolute atomic E-state index is 0.154. The molecule has 0 aliphatic rings. The fourth-order valence-corrected chi connectivity index (χ4v) is 0.354. The molecule has 46 valence electrons. The van der Waals surface area contributed by atoms with Gasteiger partial charge in [-0.05, 0) is 0 Å². The third-order valence-corrected chi connectivity index (χ3v) is 0.692. The van der Waals surface area contributed by atoms with Gasteiger partial charge in [0, 0.05) is 0 Å². The lowest BCUT2D eigenvalue weighted by molar-refractivity contribution is 0.322. The van der Waals surface area contributed by atoms with Crippen LogP contribution in [0.15, 0.2) is 0 Å². The molecule has 0 aromatic carbocycles. The van der Waals surface area contributed by atoms with E-state index in [1.54, 1.807) is 0 Å². The zero-order chi connectivity index (χ0) is 6.85. The van der Waals surface area contributed by atoms with Crippen LogP contribution in [0.3, 0.4) is 0 Å². The Bertz CT molecular complexity index is 238. The van der Waals surface area contributed by atoms with Crippen molar-refractivity contribution in [2.75, 3.05) is 5.73 Å². The maximum absolute atomic E-state index is 12.0. The lowest BCUT2D eigenvalue weighted by Crippen LogP contribution is -1.93. The molecular formula is C3H2FN5. The van der Waals surface area contributed by atoms with Crippen molar-refractivity contribution < 1.29 is 4.48 Å². The van der Waals surface area contributed by atoms with Crippen molar-refractivity contribution in [1.82, 2.24) is 15.0 Å². The molecule has 0 amide bonds. The van der Waals surface area contributed by atoms with Crippen molar-refractivity contribution in [2.24, 2.45) is 0 Å². The molecule has 0 aliphatic heterocycles. The van der Waals surface area contributed by atoms with E-state index in [1.807, 2.05) is 0 Å². The quantitative estimate of drug-likeness (QED) is 0.507. The van der Waals surface area contributed by atoms with E-state index < -0.39 is 5.95 Å². The summed E-state index contributed by atoms with van der Waals surface area (Å²) in [4.78, 5) is 3.07. The Morgan fingerprint density at radius 2 is 2.44 bits per heavy atom. The van der Waals surface area contributed by atoms with Gasteiger partial charge in [-0.15, -0.1) is 5.10 Å². The van der Waals surface area contributed by atoms with E-state index in [0.717, 1.165) is 0 Å². The molecule has 1 aromatic rings. The Morgan fingerprint density at radius 1 is 1.78 bits per heavy atom. The van der Waals surface area contributed by atoms with Gasteiger partial charge in [-0.1, -0.05) is 9.39 Å². The Morgan fingerprint density at radius 3 is 2.67 bits per heavy atom. The molecule has 6 heteroatoms. The summed E-state index contributed by atoms with van der Waals surface area (Å²) in [6.45, 7) is 0. The van der Waals surface area contributed by atoms with E-state index in [1.165, 1.54) is 6.07 Å². The number of nitriles is 1. The smallest absolute Gasteiger partial charge is 0.256 e. The molecule has 9 heavy (non-hydrogen) atoms. The summed E-state index contributed by atoms with van der Waals surface area (Å²) in [6, 6.07) is 1.53. The molecule has 0 saturated carbocycles. The summed E-state index contributed by atoms with van der Waals surface area (Å²) in [5.74, 6) is -0.679. The third kappa shape index (κ3) is 0.791. The maximum Gasteiger partial charge on any atom is 0.256 e. The molecule has 0 bridgehead atoms. The van der Waals surface area contributed by atoms with Crippen molar-refractivity contribution in [1.29, 1.82) is 5.26 Å². The first-order valence-electron chi connectivity index (χ1n) is 2.03. The SMILES string of the molecule is N#Cc1nc(N)n(F)n1. The number of hydrogen-bond acceptors (Lipinski definition) is 4. The van der Waals surface area contributed by atoms with Crippen molar-refractivity contribution in [3.8, 4) is 6.07 Å². The van der Waals surface area contributed by atoms with Crippen molar-refractivity contribution in [3.63, 3.8) is 0 Å². The van der Waals surface area contributed by atoms with Crippen molar-refractivity contribution in [2.45, 2.75) is 0 Å². The minimum atomic E-state index is -0.411. The normalized spacial score (nSPS) is 8.89. The highest BCUT2D eigenvalue weighted by Crippen LogP contribution is 1.96. The number of nitrogens with zero attached hydrogens (tertiary/aromatic N) is 4. The maximum atomic E-state index is 12.0. The summed E-state index contributed by atoms with van der Waals surface area (Å²) >= 11 is 0. The van der Waals surface area contributed by atoms with Crippen LogP contribution in [-0.2, 0) is 0 Å². The molecule has 5 nitrogen and oxygen atoms in total. The summed E-state index contributed by atoms with van der Waals surface area (Å²) in [7, 11) is 0. The number of hydrogen-bond donors (Lipinski definition) is 1. The fourth-order valence-electron chi connectivity index (χ4n) is 0.354. The standard InChI is InChI=1S/C3H2FN5/c4-9-3(6)7-2(1-5)8-9/h(H2,6,7,8). The van der Waals surface area contributed by atoms with Crippen molar-refractivity contribution in [3.05, 3.63) is 5.82 Å². The lowest BCUT2D eigenvalue weighted by Gasteiger charge is -1.78. The number of nitrogen functional groups attached to an aromatic ring is 1. The molecule has 2 N–H and O–H groups in total. The number of aromatic nitrogens is 3. The molecule has 0 saturated heterocycles. The van der Waals surface area contributed by atoms with Crippen LogP contribution in [0.2, 0.25) is 0 Å². The second-order valence-corrected chi connectivity index (χ2v) is 1.27. The van der Waals surface area contributed by atoms with Gasteiger partial charge in [-0.2, -0.15) is 10.2 Å². The van der Waals surface area contributed by atoms with Crippen LogP contribution < -0.4 is 5.73 Å². The molecule has 0 fully saturated rings. The summed E-state index contributed by atoms with van der Waals surface area (Å²) in [5, 5.41) is 11.0. The first kappa shape index (κ1) is 5.50. The van der Waals surface area contributed by atoms with Gasteiger partial charge in [0.2, 0.25) is 0 Å². The molecule has 1 aromatic heterocycles. The predicted molar refractivity (Wildman–Crippen MR) is 25.7 cm³/mol. The predicted octanol–water partition coefficient (Wildman–Crippen LogP) is -0.535. The number of halogens is 1. The van der Waals surface area contributed by atoms with Gasteiger partial charge in [0.1, 0.15) is 6.07 Å². The first-order chi connectivity index (χ1) is 4.24. The molecule has 0 unspecified atom stereocenters. The van der Waals surface area contributed by atoms with Crippen LogP contribution in [-0.4, -0.2) is 15.0 Å². The zero-order valence-corrected chi connectivity index (χ0v) is 4.24. The molecule has 1 heterocycles. The van der Waals surface area contributed by atoms with Crippen LogP contribution in [0, 0.1) is 11.3 Å². The Kier molecular flexibility index (Phi) is 1.04. The molecule has 0 spiro atoms. The van der Waals surface area contributed by atoms with Crippen LogP contribution in [0.25, 0.3) is 0 Å². The molecule has 0 aliphatic carbocycles. The monoisotopic (exact) mass is 127 g/mol. The van der Waals surface area contributed by atoms with Gasteiger partial charge >= 0.3 is 0 Å². The number of anilines is 1. The van der Waals surface area contributed by atoms with Gasteiger partial charge in [0.15, 0.2) is 0 Å². The van der Waals surface area contributed by atoms with Gasteiger partial charge < -0.3 is 5.73 Å². The van der Waals surface area contributed by atoms with E-state index in [9.17, 15) is 4.48 Å². The molecule has 0 atom stereocenters. The van der Waals surface area contributed by atoms with E-state index in [0.29, 0.717) is 0 Å². The van der Waals surface area contributed by atoms with E-state index >= 15 is 0 Å².